The van der Waals surface area contributed by atoms with Gasteiger partial charge in [0.15, 0.2) is 0 Å². The van der Waals surface area contributed by atoms with Gasteiger partial charge in [0.05, 0.1) is 10.6 Å². The highest BCUT2D eigenvalue weighted by molar-refractivity contribution is 7.05. The number of hydrogen-bond donors (Lipinski definition) is 1. The number of hydrogen-bond acceptors (Lipinski definition) is 4. The van der Waals surface area contributed by atoms with Gasteiger partial charge in [-0.15, -0.1) is 5.10 Å². The Kier molecular flexibility index (Phi) is 5.57. The third kappa shape index (κ3) is 3.29. The Balaban J connectivity index is 2.14. The van der Waals surface area contributed by atoms with Crippen molar-refractivity contribution in [3.63, 3.8) is 0 Å². The van der Waals surface area contributed by atoms with E-state index in [4.69, 9.17) is 0 Å². The molecular formula is C14H25N3S. The average molecular weight is 267 g/mol. The predicted octanol–water partition coefficient (Wildman–Crippen LogP) is 3.72. The minimum atomic E-state index is 0.497. The third-order valence-corrected chi connectivity index (χ3v) is 4.75. The van der Waals surface area contributed by atoms with Gasteiger partial charge in [0.2, 0.25) is 0 Å². The molecule has 0 saturated heterocycles. The normalized spacial score (nSPS) is 19.0. The maximum absolute atomic E-state index is 4.33. The molecule has 0 spiro atoms. The van der Waals surface area contributed by atoms with Gasteiger partial charge in [-0.2, -0.15) is 0 Å². The second-order valence-electron chi connectivity index (χ2n) is 5.27. The summed E-state index contributed by atoms with van der Waals surface area (Å²) >= 11 is 1.61. The topological polar surface area (TPSA) is 37.8 Å². The minimum absolute atomic E-state index is 0.497. The lowest BCUT2D eigenvalue weighted by Crippen LogP contribution is -2.29. The number of rotatable bonds is 6. The molecule has 2 rings (SSSR count). The first-order chi connectivity index (χ1) is 8.86. The Labute approximate surface area is 115 Å². The Bertz CT molecular complexity index is 345. The van der Waals surface area contributed by atoms with Gasteiger partial charge in [-0.05, 0) is 43.3 Å². The molecule has 1 unspecified atom stereocenters. The van der Waals surface area contributed by atoms with Crippen LogP contribution < -0.4 is 5.32 Å². The van der Waals surface area contributed by atoms with Crippen LogP contribution in [-0.2, 0) is 6.42 Å². The highest BCUT2D eigenvalue weighted by Crippen LogP contribution is 2.36. The molecule has 0 amide bonds. The zero-order chi connectivity index (χ0) is 12.8. The largest absolute Gasteiger partial charge is 0.309 e. The molecule has 1 saturated carbocycles. The first-order valence-corrected chi connectivity index (χ1v) is 8.18. The fourth-order valence-corrected chi connectivity index (χ4v) is 3.89. The van der Waals surface area contributed by atoms with E-state index in [0.717, 1.165) is 25.3 Å². The summed E-state index contributed by atoms with van der Waals surface area (Å²) < 4.78 is 4.19. The highest BCUT2D eigenvalue weighted by Gasteiger charge is 2.28. The number of aromatic nitrogens is 2. The van der Waals surface area contributed by atoms with Crippen molar-refractivity contribution < 1.29 is 0 Å². The zero-order valence-corrected chi connectivity index (χ0v) is 12.4. The predicted molar refractivity (Wildman–Crippen MR) is 76.9 cm³/mol. The number of nitrogens with zero attached hydrogens (tertiary/aromatic N) is 2. The smallest absolute Gasteiger partial charge is 0.0803 e. The molecule has 102 valence electrons. The summed E-state index contributed by atoms with van der Waals surface area (Å²) in [4.78, 5) is 1.41. The summed E-state index contributed by atoms with van der Waals surface area (Å²) in [6.07, 6.45) is 9.15. The van der Waals surface area contributed by atoms with E-state index >= 15 is 0 Å². The molecule has 1 fully saturated rings. The van der Waals surface area contributed by atoms with Gasteiger partial charge in [-0.1, -0.05) is 44.0 Å². The van der Waals surface area contributed by atoms with E-state index < -0.39 is 0 Å². The molecule has 1 aliphatic carbocycles. The average Bonchev–Trinajstić information content (AvgIpc) is 2.85. The lowest BCUT2D eigenvalue weighted by molar-refractivity contribution is 0.276. The first kappa shape index (κ1) is 13.9. The Hall–Kier alpha value is -0.480. The highest BCUT2D eigenvalue weighted by atomic mass is 32.1. The molecule has 0 radical (unpaired) electrons. The van der Waals surface area contributed by atoms with E-state index in [0.29, 0.717) is 6.04 Å². The van der Waals surface area contributed by atoms with Crippen molar-refractivity contribution in [2.24, 2.45) is 5.92 Å². The molecule has 1 aromatic heterocycles. The molecule has 0 aliphatic heterocycles. The summed E-state index contributed by atoms with van der Waals surface area (Å²) in [6.45, 7) is 5.44. The van der Waals surface area contributed by atoms with Gasteiger partial charge in [-0.25, -0.2) is 0 Å². The van der Waals surface area contributed by atoms with Crippen molar-refractivity contribution in [1.82, 2.24) is 14.9 Å². The van der Waals surface area contributed by atoms with Crippen LogP contribution in [0.2, 0.25) is 0 Å². The maximum Gasteiger partial charge on any atom is 0.0803 e. The molecule has 0 aromatic carbocycles. The summed E-state index contributed by atoms with van der Waals surface area (Å²) in [6, 6.07) is 0.497. The Morgan fingerprint density at radius 2 is 2.06 bits per heavy atom. The summed E-state index contributed by atoms with van der Waals surface area (Å²) in [5.41, 5.74) is 1.24. The minimum Gasteiger partial charge on any atom is -0.309 e. The molecule has 1 aromatic rings. The monoisotopic (exact) mass is 267 g/mol. The van der Waals surface area contributed by atoms with Crippen molar-refractivity contribution in [3.05, 3.63) is 10.6 Å². The van der Waals surface area contributed by atoms with E-state index in [1.807, 2.05) is 0 Å². The van der Waals surface area contributed by atoms with Crippen molar-refractivity contribution >= 4 is 11.5 Å². The quantitative estimate of drug-likeness (QED) is 0.853. The van der Waals surface area contributed by atoms with Gasteiger partial charge in [0, 0.05) is 6.04 Å². The van der Waals surface area contributed by atoms with Gasteiger partial charge < -0.3 is 5.32 Å². The van der Waals surface area contributed by atoms with Crippen LogP contribution in [0.4, 0.5) is 0 Å². The van der Waals surface area contributed by atoms with Crippen LogP contribution in [0, 0.1) is 5.92 Å². The van der Waals surface area contributed by atoms with Gasteiger partial charge >= 0.3 is 0 Å². The fraction of sp³-hybridized carbons (Fsp3) is 0.857. The Morgan fingerprint density at radius 3 is 2.72 bits per heavy atom. The second-order valence-corrected chi connectivity index (χ2v) is 6.05. The second kappa shape index (κ2) is 7.19. The molecular weight excluding hydrogens is 242 g/mol. The van der Waals surface area contributed by atoms with Crippen LogP contribution in [0.1, 0.15) is 69.0 Å². The lowest BCUT2D eigenvalue weighted by Gasteiger charge is -2.30. The van der Waals surface area contributed by atoms with Crippen LogP contribution >= 0.6 is 11.5 Å². The van der Waals surface area contributed by atoms with E-state index in [-0.39, 0.29) is 0 Å². The van der Waals surface area contributed by atoms with E-state index in [9.17, 15) is 0 Å². The van der Waals surface area contributed by atoms with Crippen LogP contribution in [0.25, 0.3) is 0 Å². The molecule has 0 bridgehead atoms. The number of aryl methyl sites for hydroxylation is 1. The Morgan fingerprint density at radius 1 is 1.28 bits per heavy atom. The maximum atomic E-state index is 4.33. The van der Waals surface area contributed by atoms with Crippen LogP contribution in [0.5, 0.6) is 0 Å². The van der Waals surface area contributed by atoms with Crippen molar-refractivity contribution in [2.45, 2.75) is 64.8 Å². The van der Waals surface area contributed by atoms with Gasteiger partial charge in [-0.3, -0.25) is 0 Å². The molecule has 3 nitrogen and oxygen atoms in total. The molecule has 1 atom stereocenters. The molecule has 1 N–H and O–H groups in total. The number of nitrogens with one attached hydrogen (secondary N) is 1. The van der Waals surface area contributed by atoms with Gasteiger partial charge in [0.25, 0.3) is 0 Å². The van der Waals surface area contributed by atoms with E-state index in [2.05, 4.69) is 28.8 Å². The fourth-order valence-electron chi connectivity index (χ4n) is 3.02. The summed E-state index contributed by atoms with van der Waals surface area (Å²) in [7, 11) is 0. The molecule has 4 heteroatoms. The van der Waals surface area contributed by atoms with Crippen LogP contribution in [0.15, 0.2) is 0 Å². The van der Waals surface area contributed by atoms with E-state index in [1.54, 1.807) is 11.5 Å². The van der Waals surface area contributed by atoms with E-state index in [1.165, 1.54) is 42.7 Å². The van der Waals surface area contributed by atoms with Crippen molar-refractivity contribution in [1.29, 1.82) is 0 Å². The zero-order valence-electron chi connectivity index (χ0n) is 11.6. The van der Waals surface area contributed by atoms with Crippen LogP contribution in [-0.4, -0.2) is 16.1 Å². The molecule has 18 heavy (non-hydrogen) atoms. The van der Waals surface area contributed by atoms with Crippen molar-refractivity contribution in [2.75, 3.05) is 6.54 Å². The standard InChI is InChI=1S/C14H25N3S/c1-3-8-12-14(18-17-16-12)13(15-4-2)11-9-6-5-7-10-11/h11,13,15H,3-10H2,1-2H3. The lowest BCUT2D eigenvalue weighted by atomic mass is 9.83. The summed E-state index contributed by atoms with van der Waals surface area (Å²) in [5.74, 6) is 0.788. The molecule has 1 heterocycles. The summed E-state index contributed by atoms with van der Waals surface area (Å²) in [5, 5.41) is 8.02. The third-order valence-electron chi connectivity index (χ3n) is 3.90. The molecule has 1 aliphatic rings. The van der Waals surface area contributed by atoms with Gasteiger partial charge in [0.1, 0.15) is 0 Å². The van der Waals surface area contributed by atoms with Crippen LogP contribution in [0.3, 0.4) is 0 Å². The first-order valence-electron chi connectivity index (χ1n) is 7.41. The van der Waals surface area contributed by atoms with Crippen molar-refractivity contribution in [3.8, 4) is 0 Å². The SMILES string of the molecule is CCCc1nnsc1C(NCC)C1CCCCC1.